The maximum absolute atomic E-state index is 12.0. The van der Waals surface area contributed by atoms with Crippen LogP contribution in [0, 0.1) is 11.8 Å². The van der Waals surface area contributed by atoms with Crippen LogP contribution in [-0.2, 0) is 4.79 Å². The van der Waals surface area contributed by atoms with Gasteiger partial charge in [0.25, 0.3) is 5.91 Å². The van der Waals surface area contributed by atoms with Crippen molar-refractivity contribution in [2.75, 3.05) is 25.0 Å². The summed E-state index contributed by atoms with van der Waals surface area (Å²) in [5.41, 5.74) is 0.590. The van der Waals surface area contributed by atoms with Crippen molar-refractivity contribution in [1.29, 1.82) is 0 Å². The van der Waals surface area contributed by atoms with Crippen LogP contribution in [0.5, 0.6) is 0 Å². The van der Waals surface area contributed by atoms with Gasteiger partial charge in [-0.1, -0.05) is 25.4 Å². The zero-order chi connectivity index (χ0) is 13.8. The SMILES string of the molecule is C[C@@H]1C[C@H](C)C[NH+](CC(=O)Nc2cccnc2Cl)C1. The highest BCUT2D eigenvalue weighted by molar-refractivity contribution is 6.32. The molecule has 1 aromatic heterocycles. The lowest BCUT2D eigenvalue weighted by Crippen LogP contribution is -3.15. The van der Waals surface area contributed by atoms with Crippen LogP contribution < -0.4 is 10.2 Å². The molecule has 104 valence electrons. The highest BCUT2D eigenvalue weighted by atomic mass is 35.5. The first-order chi connectivity index (χ1) is 9.04. The van der Waals surface area contributed by atoms with Crippen LogP contribution in [-0.4, -0.2) is 30.5 Å². The van der Waals surface area contributed by atoms with Crippen LogP contribution in [0.4, 0.5) is 5.69 Å². The lowest BCUT2D eigenvalue weighted by atomic mass is 9.92. The normalized spacial score (nSPS) is 27.0. The molecule has 4 nitrogen and oxygen atoms in total. The van der Waals surface area contributed by atoms with Crippen molar-refractivity contribution in [1.82, 2.24) is 4.98 Å². The summed E-state index contributed by atoms with van der Waals surface area (Å²) in [4.78, 5) is 17.3. The van der Waals surface area contributed by atoms with E-state index >= 15 is 0 Å². The fourth-order valence-electron chi connectivity index (χ4n) is 2.97. The highest BCUT2D eigenvalue weighted by Crippen LogP contribution is 2.17. The number of nitrogens with zero attached hydrogens (tertiary/aromatic N) is 1. The minimum atomic E-state index is 0.00574. The number of aromatic nitrogens is 1. The average Bonchev–Trinajstić information content (AvgIpc) is 2.30. The van der Waals surface area contributed by atoms with E-state index in [0.717, 1.165) is 13.1 Å². The van der Waals surface area contributed by atoms with Crippen molar-refractivity contribution < 1.29 is 9.69 Å². The maximum atomic E-state index is 12.0. The summed E-state index contributed by atoms with van der Waals surface area (Å²) in [6, 6.07) is 3.53. The lowest BCUT2D eigenvalue weighted by molar-refractivity contribution is -0.904. The number of likely N-dealkylation sites (tertiary alicyclic amines) is 1. The zero-order valence-corrected chi connectivity index (χ0v) is 12.2. The van der Waals surface area contributed by atoms with E-state index in [0.29, 0.717) is 29.2 Å². The Morgan fingerprint density at radius 3 is 2.79 bits per heavy atom. The van der Waals surface area contributed by atoms with Gasteiger partial charge in [0.2, 0.25) is 0 Å². The quantitative estimate of drug-likeness (QED) is 0.820. The van der Waals surface area contributed by atoms with Gasteiger partial charge < -0.3 is 10.2 Å². The van der Waals surface area contributed by atoms with Crippen molar-refractivity contribution in [2.45, 2.75) is 20.3 Å². The summed E-state index contributed by atoms with van der Waals surface area (Å²) >= 11 is 5.92. The third-order valence-electron chi connectivity index (χ3n) is 3.52. The molecule has 0 radical (unpaired) electrons. The second-order valence-corrected chi connectivity index (χ2v) is 6.03. The lowest BCUT2D eigenvalue weighted by Gasteiger charge is -2.31. The summed E-state index contributed by atoms with van der Waals surface area (Å²) in [6.45, 7) is 7.15. The molecular weight excluding hydrogens is 262 g/mol. The number of nitrogens with one attached hydrogen (secondary N) is 2. The van der Waals surface area contributed by atoms with Crippen LogP contribution in [0.15, 0.2) is 18.3 Å². The summed E-state index contributed by atoms with van der Waals surface area (Å²) in [6.07, 6.45) is 2.87. The first kappa shape index (κ1) is 14.3. The zero-order valence-electron chi connectivity index (χ0n) is 11.4. The van der Waals surface area contributed by atoms with Gasteiger partial charge in [0.05, 0.1) is 18.8 Å². The van der Waals surface area contributed by atoms with E-state index in [4.69, 9.17) is 11.6 Å². The van der Waals surface area contributed by atoms with E-state index in [1.165, 1.54) is 11.3 Å². The molecule has 1 saturated heterocycles. The van der Waals surface area contributed by atoms with E-state index in [2.05, 4.69) is 24.1 Å². The molecule has 1 aliphatic heterocycles. The van der Waals surface area contributed by atoms with E-state index < -0.39 is 0 Å². The van der Waals surface area contributed by atoms with E-state index in [1.54, 1.807) is 18.3 Å². The van der Waals surface area contributed by atoms with Crippen molar-refractivity contribution in [3.63, 3.8) is 0 Å². The largest absolute Gasteiger partial charge is 0.327 e. The summed E-state index contributed by atoms with van der Waals surface area (Å²) in [5, 5.41) is 3.17. The molecule has 0 aromatic carbocycles. The molecule has 2 rings (SSSR count). The number of carbonyl (C=O) groups is 1. The molecular formula is C14H21ClN3O+. The molecule has 1 fully saturated rings. The van der Waals surface area contributed by atoms with Gasteiger partial charge in [0.15, 0.2) is 11.7 Å². The van der Waals surface area contributed by atoms with Crippen LogP contribution >= 0.6 is 11.6 Å². The molecule has 0 spiro atoms. The van der Waals surface area contributed by atoms with Gasteiger partial charge in [-0.25, -0.2) is 4.98 Å². The molecule has 1 unspecified atom stereocenters. The third kappa shape index (κ3) is 4.18. The molecule has 1 aliphatic rings. The van der Waals surface area contributed by atoms with Crippen molar-refractivity contribution in [2.24, 2.45) is 11.8 Å². The monoisotopic (exact) mass is 282 g/mol. The smallest absolute Gasteiger partial charge is 0.279 e. The number of halogens is 1. The minimum Gasteiger partial charge on any atom is -0.327 e. The van der Waals surface area contributed by atoms with Crippen molar-refractivity contribution >= 4 is 23.2 Å². The summed E-state index contributed by atoms with van der Waals surface area (Å²) in [5.74, 6) is 1.38. The average molecular weight is 283 g/mol. The topological polar surface area (TPSA) is 46.4 Å². The Hall–Kier alpha value is -1.13. The first-order valence-corrected chi connectivity index (χ1v) is 7.16. The van der Waals surface area contributed by atoms with Gasteiger partial charge in [0, 0.05) is 18.0 Å². The van der Waals surface area contributed by atoms with Crippen LogP contribution in [0.25, 0.3) is 0 Å². The fraction of sp³-hybridized carbons (Fsp3) is 0.571. The predicted molar refractivity (Wildman–Crippen MR) is 76.4 cm³/mol. The Bertz CT molecular complexity index is 442. The van der Waals surface area contributed by atoms with E-state index in [9.17, 15) is 4.79 Å². The van der Waals surface area contributed by atoms with E-state index in [1.807, 2.05) is 0 Å². The van der Waals surface area contributed by atoms with Gasteiger partial charge in [-0.05, 0) is 18.6 Å². The van der Waals surface area contributed by atoms with Gasteiger partial charge in [-0.2, -0.15) is 0 Å². The summed E-state index contributed by atoms with van der Waals surface area (Å²) in [7, 11) is 0. The molecule has 2 heterocycles. The highest BCUT2D eigenvalue weighted by Gasteiger charge is 2.26. The number of amides is 1. The van der Waals surface area contributed by atoms with Crippen LogP contribution in [0.1, 0.15) is 20.3 Å². The molecule has 1 amide bonds. The minimum absolute atomic E-state index is 0.00574. The predicted octanol–water partition coefficient (Wildman–Crippen LogP) is 1.23. The molecule has 5 heteroatoms. The molecule has 19 heavy (non-hydrogen) atoms. The Labute approximate surface area is 119 Å². The standard InChI is InChI=1S/C14H20ClN3O/c1-10-6-11(2)8-18(7-10)9-13(19)17-12-4-3-5-16-14(12)15/h3-5,10-11H,6-9H2,1-2H3,(H,17,19)/p+1/t10-,11+. The Morgan fingerprint density at radius 2 is 2.16 bits per heavy atom. The number of rotatable bonds is 3. The van der Waals surface area contributed by atoms with Crippen LogP contribution in [0.3, 0.4) is 0 Å². The van der Waals surface area contributed by atoms with Gasteiger partial charge in [0.1, 0.15) is 0 Å². The van der Waals surface area contributed by atoms with Gasteiger partial charge in [-0.15, -0.1) is 0 Å². The molecule has 2 N–H and O–H groups in total. The Morgan fingerprint density at radius 1 is 1.47 bits per heavy atom. The van der Waals surface area contributed by atoms with E-state index in [-0.39, 0.29) is 5.91 Å². The number of pyridine rings is 1. The first-order valence-electron chi connectivity index (χ1n) is 6.78. The van der Waals surface area contributed by atoms with Crippen molar-refractivity contribution in [3.05, 3.63) is 23.5 Å². The fourth-order valence-corrected chi connectivity index (χ4v) is 3.13. The van der Waals surface area contributed by atoms with Gasteiger partial charge in [-0.3, -0.25) is 4.79 Å². The number of carbonyl (C=O) groups excluding carboxylic acids is 1. The number of hydrogen-bond acceptors (Lipinski definition) is 2. The number of hydrogen-bond donors (Lipinski definition) is 2. The van der Waals surface area contributed by atoms with Crippen LogP contribution in [0.2, 0.25) is 5.15 Å². The second kappa shape index (κ2) is 6.35. The maximum Gasteiger partial charge on any atom is 0.279 e. The molecule has 0 aliphatic carbocycles. The Kier molecular flexibility index (Phi) is 4.77. The Balaban J connectivity index is 1.89. The molecule has 0 bridgehead atoms. The summed E-state index contributed by atoms with van der Waals surface area (Å²) < 4.78 is 0. The van der Waals surface area contributed by atoms with Crippen molar-refractivity contribution in [3.8, 4) is 0 Å². The molecule has 0 saturated carbocycles. The molecule has 1 aromatic rings. The third-order valence-corrected chi connectivity index (χ3v) is 3.82. The molecule has 3 atom stereocenters. The number of piperidine rings is 1. The number of quaternary nitrogens is 1. The second-order valence-electron chi connectivity index (χ2n) is 5.67. The van der Waals surface area contributed by atoms with Gasteiger partial charge >= 0.3 is 0 Å². The number of anilines is 1.